The van der Waals surface area contributed by atoms with E-state index in [1.54, 1.807) is 12.3 Å². The highest BCUT2D eigenvalue weighted by Gasteiger charge is 2.20. The van der Waals surface area contributed by atoms with E-state index in [2.05, 4.69) is 14.8 Å². The molecule has 3 rings (SSSR count). The molecule has 0 aliphatic carbocycles. The number of rotatable bonds is 3. The van der Waals surface area contributed by atoms with Crippen LogP contribution in [0.4, 0.5) is 15.9 Å². The fourth-order valence-electron chi connectivity index (χ4n) is 2.69. The number of halogens is 2. The first-order valence-corrected chi connectivity index (χ1v) is 7.57. The van der Waals surface area contributed by atoms with E-state index in [4.69, 9.17) is 11.6 Å². The number of alkyl halides is 1. The van der Waals surface area contributed by atoms with E-state index < -0.39 is 0 Å². The maximum Gasteiger partial charge on any atom is 0.129 e. The van der Waals surface area contributed by atoms with Crippen LogP contribution in [0.25, 0.3) is 0 Å². The Morgan fingerprint density at radius 3 is 2.43 bits per heavy atom. The van der Waals surface area contributed by atoms with Gasteiger partial charge in [-0.3, -0.25) is 0 Å². The summed E-state index contributed by atoms with van der Waals surface area (Å²) in [5, 5.41) is 0. The van der Waals surface area contributed by atoms with Crippen LogP contribution in [0.3, 0.4) is 0 Å². The zero-order valence-electron chi connectivity index (χ0n) is 11.7. The van der Waals surface area contributed by atoms with E-state index in [-0.39, 0.29) is 11.7 Å². The number of benzene rings is 1. The molecule has 0 spiro atoms. The summed E-state index contributed by atoms with van der Waals surface area (Å²) < 4.78 is 13.8. The van der Waals surface area contributed by atoms with Crippen LogP contribution in [0.1, 0.15) is 5.56 Å². The quantitative estimate of drug-likeness (QED) is 0.811. The van der Waals surface area contributed by atoms with E-state index in [9.17, 15) is 4.39 Å². The lowest BCUT2D eigenvalue weighted by molar-refractivity contribution is 0.608. The molecule has 21 heavy (non-hydrogen) atoms. The molecule has 2 aromatic rings. The zero-order valence-corrected chi connectivity index (χ0v) is 12.4. The molecule has 2 heterocycles. The molecule has 0 radical (unpaired) electrons. The summed E-state index contributed by atoms with van der Waals surface area (Å²) in [7, 11) is 0. The SMILES string of the molecule is Fc1cccc(N2CCN(c3ccccn3)CC2)c1CCl. The van der Waals surface area contributed by atoms with Gasteiger partial charge in [-0.2, -0.15) is 0 Å². The fourth-order valence-corrected chi connectivity index (χ4v) is 2.96. The predicted molar refractivity (Wildman–Crippen MR) is 84.6 cm³/mol. The van der Waals surface area contributed by atoms with Crippen LogP contribution in [0.5, 0.6) is 0 Å². The molecule has 0 atom stereocenters. The van der Waals surface area contributed by atoms with Crippen LogP contribution in [0, 0.1) is 5.82 Å². The van der Waals surface area contributed by atoms with Gasteiger partial charge in [-0.15, -0.1) is 11.6 Å². The number of pyridine rings is 1. The van der Waals surface area contributed by atoms with Gasteiger partial charge in [0.15, 0.2) is 0 Å². The lowest BCUT2D eigenvalue weighted by atomic mass is 10.1. The Labute approximate surface area is 129 Å². The average Bonchev–Trinajstić information content (AvgIpc) is 2.55. The van der Waals surface area contributed by atoms with Crippen molar-refractivity contribution < 1.29 is 4.39 Å². The second-order valence-corrected chi connectivity index (χ2v) is 5.30. The lowest BCUT2D eigenvalue weighted by Gasteiger charge is -2.37. The molecule has 0 amide bonds. The number of hydrogen-bond acceptors (Lipinski definition) is 3. The number of anilines is 2. The van der Waals surface area contributed by atoms with Gasteiger partial charge in [0.1, 0.15) is 11.6 Å². The summed E-state index contributed by atoms with van der Waals surface area (Å²) in [6.45, 7) is 3.42. The summed E-state index contributed by atoms with van der Waals surface area (Å²) in [5.41, 5.74) is 1.50. The second kappa shape index (κ2) is 6.31. The van der Waals surface area contributed by atoms with Crippen LogP contribution in [0.2, 0.25) is 0 Å². The molecule has 1 saturated heterocycles. The summed E-state index contributed by atoms with van der Waals surface area (Å²) in [6, 6.07) is 11.1. The minimum absolute atomic E-state index is 0.197. The second-order valence-electron chi connectivity index (χ2n) is 5.03. The monoisotopic (exact) mass is 305 g/mol. The molecule has 1 aromatic heterocycles. The Hall–Kier alpha value is -1.81. The Bertz CT molecular complexity index is 598. The molecule has 0 bridgehead atoms. The van der Waals surface area contributed by atoms with E-state index in [1.807, 2.05) is 24.3 Å². The van der Waals surface area contributed by atoms with E-state index in [0.29, 0.717) is 5.56 Å². The maximum absolute atomic E-state index is 13.8. The number of piperazine rings is 1. The van der Waals surface area contributed by atoms with E-state index >= 15 is 0 Å². The molecule has 1 aliphatic heterocycles. The Balaban J connectivity index is 1.73. The standard InChI is InChI=1S/C16H17ClFN3/c17-12-13-14(18)4-3-5-15(13)20-8-10-21(11-9-20)16-6-1-2-7-19-16/h1-7H,8-12H2. The number of aromatic nitrogens is 1. The highest BCUT2D eigenvalue weighted by Crippen LogP contribution is 2.26. The third-order valence-corrected chi connectivity index (χ3v) is 4.09. The third-order valence-electron chi connectivity index (χ3n) is 3.82. The van der Waals surface area contributed by atoms with Crippen molar-refractivity contribution in [2.75, 3.05) is 36.0 Å². The molecule has 1 fully saturated rings. The first kappa shape index (κ1) is 14.1. The minimum Gasteiger partial charge on any atom is -0.368 e. The molecule has 1 aliphatic rings. The van der Waals surface area contributed by atoms with Crippen molar-refractivity contribution in [2.24, 2.45) is 0 Å². The van der Waals surface area contributed by atoms with Crippen molar-refractivity contribution >= 4 is 23.1 Å². The van der Waals surface area contributed by atoms with Crippen LogP contribution in [-0.2, 0) is 5.88 Å². The molecule has 0 unspecified atom stereocenters. The summed E-state index contributed by atoms with van der Waals surface area (Å²) in [6.07, 6.45) is 1.81. The molecule has 0 N–H and O–H groups in total. The smallest absolute Gasteiger partial charge is 0.129 e. The fraction of sp³-hybridized carbons (Fsp3) is 0.312. The van der Waals surface area contributed by atoms with Crippen molar-refractivity contribution in [1.82, 2.24) is 4.98 Å². The first-order chi connectivity index (χ1) is 10.3. The highest BCUT2D eigenvalue weighted by atomic mass is 35.5. The molecule has 0 saturated carbocycles. The van der Waals surface area contributed by atoms with Crippen molar-refractivity contribution in [3.05, 3.63) is 54.0 Å². The van der Waals surface area contributed by atoms with Gasteiger partial charge in [0.25, 0.3) is 0 Å². The molecular weight excluding hydrogens is 289 g/mol. The summed E-state index contributed by atoms with van der Waals surface area (Å²) in [5.74, 6) is 0.964. The van der Waals surface area contributed by atoms with E-state index in [1.165, 1.54) is 6.07 Å². The maximum atomic E-state index is 13.8. The first-order valence-electron chi connectivity index (χ1n) is 7.04. The minimum atomic E-state index is -0.227. The largest absolute Gasteiger partial charge is 0.368 e. The van der Waals surface area contributed by atoms with Crippen molar-refractivity contribution in [1.29, 1.82) is 0 Å². The highest BCUT2D eigenvalue weighted by molar-refractivity contribution is 6.17. The van der Waals surface area contributed by atoms with Gasteiger partial charge in [0, 0.05) is 43.6 Å². The molecule has 3 nitrogen and oxygen atoms in total. The van der Waals surface area contributed by atoms with Crippen LogP contribution >= 0.6 is 11.6 Å². The van der Waals surface area contributed by atoms with Gasteiger partial charge in [-0.05, 0) is 24.3 Å². The van der Waals surface area contributed by atoms with Crippen molar-refractivity contribution in [3.63, 3.8) is 0 Å². The zero-order chi connectivity index (χ0) is 14.7. The van der Waals surface area contributed by atoms with Gasteiger partial charge >= 0.3 is 0 Å². The number of nitrogens with zero attached hydrogens (tertiary/aromatic N) is 3. The van der Waals surface area contributed by atoms with Gasteiger partial charge in [0.2, 0.25) is 0 Å². The Morgan fingerprint density at radius 1 is 1.00 bits per heavy atom. The van der Waals surface area contributed by atoms with Crippen molar-refractivity contribution in [2.45, 2.75) is 5.88 Å². The third kappa shape index (κ3) is 2.95. The normalized spacial score (nSPS) is 15.3. The molecule has 1 aromatic carbocycles. The topological polar surface area (TPSA) is 19.4 Å². The Morgan fingerprint density at radius 2 is 1.76 bits per heavy atom. The van der Waals surface area contributed by atoms with E-state index in [0.717, 1.165) is 37.7 Å². The molecule has 110 valence electrons. The molecule has 5 heteroatoms. The lowest BCUT2D eigenvalue weighted by Crippen LogP contribution is -2.47. The summed E-state index contributed by atoms with van der Waals surface area (Å²) in [4.78, 5) is 8.82. The predicted octanol–water partition coefficient (Wildman–Crippen LogP) is 3.29. The average molecular weight is 306 g/mol. The van der Waals surface area contributed by atoms with Crippen LogP contribution in [-0.4, -0.2) is 31.2 Å². The molecular formula is C16H17ClFN3. The van der Waals surface area contributed by atoms with Crippen LogP contribution in [0.15, 0.2) is 42.6 Å². The Kier molecular flexibility index (Phi) is 4.25. The van der Waals surface area contributed by atoms with Gasteiger partial charge in [-0.25, -0.2) is 9.37 Å². The summed E-state index contributed by atoms with van der Waals surface area (Å²) >= 11 is 5.89. The van der Waals surface area contributed by atoms with Gasteiger partial charge in [-0.1, -0.05) is 12.1 Å². The van der Waals surface area contributed by atoms with Crippen LogP contribution < -0.4 is 9.80 Å². The van der Waals surface area contributed by atoms with Crippen molar-refractivity contribution in [3.8, 4) is 0 Å². The number of hydrogen-bond donors (Lipinski definition) is 0. The van der Waals surface area contributed by atoms with Gasteiger partial charge < -0.3 is 9.80 Å². The van der Waals surface area contributed by atoms with Gasteiger partial charge in [0.05, 0.1) is 5.88 Å².